The molecule has 2 aliphatic rings. The first kappa shape index (κ1) is 21.8. The first-order valence-corrected chi connectivity index (χ1v) is 12.3. The molecule has 1 heterocycles. The van der Waals surface area contributed by atoms with E-state index in [1.54, 1.807) is 11.8 Å². The van der Waals surface area contributed by atoms with E-state index in [1.807, 2.05) is 48.5 Å². The van der Waals surface area contributed by atoms with E-state index >= 15 is 0 Å². The maximum atomic E-state index is 13.5. The average molecular weight is 437 g/mol. The van der Waals surface area contributed by atoms with Gasteiger partial charge in [0.25, 0.3) is 5.91 Å². The molecule has 0 radical (unpaired) electrons. The van der Waals surface area contributed by atoms with Crippen molar-refractivity contribution in [2.24, 2.45) is 5.92 Å². The molecule has 0 aromatic heterocycles. The van der Waals surface area contributed by atoms with Crippen LogP contribution in [0.2, 0.25) is 0 Å². The number of hydrogen-bond donors (Lipinski definition) is 1. The fourth-order valence-electron chi connectivity index (χ4n) is 4.40. The summed E-state index contributed by atoms with van der Waals surface area (Å²) in [6.07, 6.45) is 7.73. The van der Waals surface area contributed by atoms with Crippen molar-refractivity contribution in [3.05, 3.63) is 65.1 Å². The predicted molar refractivity (Wildman–Crippen MR) is 130 cm³/mol. The lowest BCUT2D eigenvalue weighted by Crippen LogP contribution is -2.48. The molecule has 4 rings (SSSR count). The molecule has 5 heteroatoms. The van der Waals surface area contributed by atoms with Crippen LogP contribution in [0.3, 0.4) is 0 Å². The topological polar surface area (TPSA) is 41.6 Å². The molecule has 1 amide bonds. The van der Waals surface area contributed by atoms with Crippen molar-refractivity contribution in [1.82, 2.24) is 4.90 Å². The minimum Gasteiger partial charge on any atom is -0.494 e. The van der Waals surface area contributed by atoms with Crippen LogP contribution < -0.4 is 10.1 Å². The van der Waals surface area contributed by atoms with E-state index in [9.17, 15) is 4.79 Å². The van der Waals surface area contributed by atoms with E-state index in [1.165, 1.54) is 19.3 Å². The number of nitrogens with zero attached hydrogens (tertiary/aromatic N) is 1. The minimum absolute atomic E-state index is 0.0844. The fourth-order valence-corrected chi connectivity index (χ4v) is 5.61. The molecule has 1 aliphatic carbocycles. The molecule has 164 valence electrons. The predicted octanol–water partition coefficient (Wildman–Crippen LogP) is 6.37. The van der Waals surface area contributed by atoms with Crippen LogP contribution in [0.4, 0.5) is 5.69 Å². The Labute approximate surface area is 190 Å². The van der Waals surface area contributed by atoms with E-state index in [0.29, 0.717) is 5.92 Å². The molecule has 1 unspecified atom stereocenters. The summed E-state index contributed by atoms with van der Waals surface area (Å²) in [4.78, 5) is 16.4. The number of nitrogens with one attached hydrogen (secondary N) is 1. The largest absolute Gasteiger partial charge is 0.494 e. The van der Waals surface area contributed by atoms with E-state index in [4.69, 9.17) is 4.74 Å². The Bertz CT molecular complexity index is 897. The molecule has 4 nitrogen and oxygen atoms in total. The highest BCUT2D eigenvalue weighted by Crippen LogP contribution is 2.42. The second kappa shape index (κ2) is 10.3. The van der Waals surface area contributed by atoms with Crippen molar-refractivity contribution in [2.45, 2.75) is 57.5 Å². The van der Waals surface area contributed by atoms with Gasteiger partial charge in [0, 0.05) is 11.7 Å². The van der Waals surface area contributed by atoms with Crippen LogP contribution in [0, 0.1) is 5.92 Å². The van der Waals surface area contributed by atoms with Crippen LogP contribution in [-0.2, 0) is 4.79 Å². The summed E-state index contributed by atoms with van der Waals surface area (Å²) in [5.41, 5.74) is 1.98. The molecular formula is C26H32N2O2S. The molecule has 31 heavy (non-hydrogen) atoms. The monoisotopic (exact) mass is 436 g/mol. The Morgan fingerprint density at radius 2 is 1.84 bits per heavy atom. The normalized spacial score (nSPS) is 25.1. The van der Waals surface area contributed by atoms with Crippen molar-refractivity contribution in [3.63, 3.8) is 0 Å². The van der Waals surface area contributed by atoms with Crippen LogP contribution in [0.5, 0.6) is 5.75 Å². The summed E-state index contributed by atoms with van der Waals surface area (Å²) in [6.45, 7) is 5.11. The quantitative estimate of drug-likeness (QED) is 0.512. The van der Waals surface area contributed by atoms with E-state index in [2.05, 4.69) is 36.2 Å². The summed E-state index contributed by atoms with van der Waals surface area (Å²) in [5.74, 6) is 1.53. The number of carbonyl (C=O) groups is 1. The summed E-state index contributed by atoms with van der Waals surface area (Å²) in [5, 5.41) is 3.59. The van der Waals surface area contributed by atoms with Crippen LogP contribution in [0.1, 0.15) is 51.5 Å². The van der Waals surface area contributed by atoms with Gasteiger partial charge in [-0.05, 0) is 61.1 Å². The number of hydrogen-bond acceptors (Lipinski definition) is 4. The summed E-state index contributed by atoms with van der Waals surface area (Å²) < 4.78 is 5.68. The molecule has 1 saturated heterocycles. The lowest BCUT2D eigenvalue weighted by Gasteiger charge is -2.39. The fraction of sp³-hybridized carbons (Fsp3) is 0.423. The van der Waals surface area contributed by atoms with E-state index in [0.717, 1.165) is 41.4 Å². The first-order chi connectivity index (χ1) is 15.2. The lowest BCUT2D eigenvalue weighted by atomic mass is 9.85. The summed E-state index contributed by atoms with van der Waals surface area (Å²) >= 11 is 1.63. The molecule has 2 aromatic rings. The van der Waals surface area contributed by atoms with Crippen LogP contribution in [-0.4, -0.2) is 29.0 Å². The van der Waals surface area contributed by atoms with Gasteiger partial charge in [-0.3, -0.25) is 4.79 Å². The number of thioether (sulfide) groups is 1. The molecule has 1 aliphatic heterocycles. The van der Waals surface area contributed by atoms with Gasteiger partial charge < -0.3 is 15.0 Å². The Balaban J connectivity index is 1.57. The number of anilines is 1. The Hall–Kier alpha value is -2.40. The van der Waals surface area contributed by atoms with Gasteiger partial charge in [-0.15, -0.1) is 0 Å². The number of benzene rings is 2. The van der Waals surface area contributed by atoms with Crippen molar-refractivity contribution in [2.75, 3.05) is 11.9 Å². The van der Waals surface area contributed by atoms with Gasteiger partial charge in [0.2, 0.25) is 0 Å². The maximum absolute atomic E-state index is 13.5. The smallest absolute Gasteiger partial charge is 0.262 e. The number of amides is 1. The SMILES string of the molecule is CCCOc1ccc(/C=C2\SC(Nc3ccccc3)N([C@@H]3CCCC[C@@H]3C)C2=O)cc1. The third-order valence-electron chi connectivity index (χ3n) is 6.07. The number of para-hydroxylation sites is 1. The standard InChI is InChI=1S/C26H32N2O2S/c1-3-17-30-22-15-13-20(14-16-22)18-24-25(29)28(23-12-8-7-9-19(23)2)26(31-24)27-21-10-5-4-6-11-21/h4-6,10-11,13-16,18-19,23,26-27H,3,7-9,12,17H2,1-2H3/b24-18-/t19-,23+,26?/m0/s1. The molecule has 2 aromatic carbocycles. The van der Waals surface area contributed by atoms with Gasteiger partial charge in [-0.25, -0.2) is 0 Å². The van der Waals surface area contributed by atoms with Crippen molar-refractivity contribution in [1.29, 1.82) is 0 Å². The number of carbonyl (C=O) groups excluding carboxylic acids is 1. The maximum Gasteiger partial charge on any atom is 0.262 e. The molecular weight excluding hydrogens is 404 g/mol. The lowest BCUT2D eigenvalue weighted by molar-refractivity contribution is -0.129. The number of ether oxygens (including phenoxy) is 1. The first-order valence-electron chi connectivity index (χ1n) is 11.4. The molecule has 2 fully saturated rings. The van der Waals surface area contributed by atoms with Crippen LogP contribution in [0.15, 0.2) is 59.5 Å². The van der Waals surface area contributed by atoms with Crippen LogP contribution >= 0.6 is 11.8 Å². The van der Waals surface area contributed by atoms with Crippen molar-refractivity contribution < 1.29 is 9.53 Å². The number of rotatable bonds is 7. The molecule has 0 spiro atoms. The van der Waals surface area contributed by atoms with Gasteiger partial charge in [0.05, 0.1) is 11.5 Å². The van der Waals surface area contributed by atoms with Crippen molar-refractivity contribution >= 4 is 29.4 Å². The van der Waals surface area contributed by atoms with Crippen LogP contribution in [0.25, 0.3) is 6.08 Å². The molecule has 1 N–H and O–H groups in total. The highest BCUT2D eigenvalue weighted by atomic mass is 32.2. The van der Waals surface area contributed by atoms with Gasteiger partial charge in [-0.1, -0.05) is 68.8 Å². The second-order valence-corrected chi connectivity index (χ2v) is 9.57. The van der Waals surface area contributed by atoms with Gasteiger partial charge in [0.15, 0.2) is 5.50 Å². The molecule has 0 bridgehead atoms. The Morgan fingerprint density at radius 1 is 1.10 bits per heavy atom. The van der Waals surface area contributed by atoms with E-state index < -0.39 is 0 Å². The van der Waals surface area contributed by atoms with Crippen molar-refractivity contribution in [3.8, 4) is 5.75 Å². The summed E-state index contributed by atoms with van der Waals surface area (Å²) in [6, 6.07) is 18.5. The van der Waals surface area contributed by atoms with Gasteiger partial charge in [0.1, 0.15) is 5.75 Å². The zero-order chi connectivity index (χ0) is 21.6. The second-order valence-electron chi connectivity index (χ2n) is 8.45. The highest BCUT2D eigenvalue weighted by Gasteiger charge is 2.42. The third-order valence-corrected chi connectivity index (χ3v) is 7.19. The summed E-state index contributed by atoms with van der Waals surface area (Å²) in [7, 11) is 0. The molecule has 1 saturated carbocycles. The highest BCUT2D eigenvalue weighted by molar-refractivity contribution is 8.05. The van der Waals surface area contributed by atoms with Gasteiger partial charge in [-0.2, -0.15) is 0 Å². The minimum atomic E-state index is -0.0844. The molecule has 3 atom stereocenters. The Kier molecular flexibility index (Phi) is 7.23. The van der Waals surface area contributed by atoms with Gasteiger partial charge >= 0.3 is 0 Å². The average Bonchev–Trinajstić information content (AvgIpc) is 3.09. The zero-order valence-electron chi connectivity index (χ0n) is 18.4. The Morgan fingerprint density at radius 3 is 2.55 bits per heavy atom. The third kappa shape index (κ3) is 5.27. The van der Waals surface area contributed by atoms with E-state index in [-0.39, 0.29) is 17.4 Å². The zero-order valence-corrected chi connectivity index (χ0v) is 19.2.